The molecule has 0 saturated heterocycles. The highest BCUT2D eigenvalue weighted by Crippen LogP contribution is 2.66. The maximum Gasteiger partial charge on any atom is 0.333 e. The minimum Gasteiger partial charge on any atom is -0.494 e. The van der Waals surface area contributed by atoms with E-state index in [1.807, 2.05) is 0 Å². The largest absolute Gasteiger partial charge is 0.494 e. The molecular weight excluding hydrogens is 294 g/mol. The Hall–Kier alpha value is -1.85. The molecule has 1 heterocycles. The Morgan fingerprint density at radius 1 is 1.22 bits per heavy atom. The van der Waals surface area contributed by atoms with Crippen LogP contribution in [0, 0.1) is 16.7 Å². The van der Waals surface area contributed by atoms with Crippen molar-refractivity contribution in [3.05, 3.63) is 26.4 Å². The molecule has 0 aromatic carbocycles. The van der Waals surface area contributed by atoms with Crippen LogP contribution >= 0.6 is 0 Å². The van der Waals surface area contributed by atoms with Gasteiger partial charge in [0.15, 0.2) is 0 Å². The van der Waals surface area contributed by atoms with E-state index in [1.54, 1.807) is 0 Å². The molecule has 0 amide bonds. The zero-order chi connectivity index (χ0) is 17.2. The van der Waals surface area contributed by atoms with Gasteiger partial charge in [0.05, 0.1) is 6.04 Å². The topological polar surface area (TPSA) is 76.6 Å². The van der Waals surface area contributed by atoms with Crippen LogP contribution in [0.3, 0.4) is 0 Å². The van der Waals surface area contributed by atoms with Gasteiger partial charge >= 0.3 is 5.69 Å². The first-order valence-electron chi connectivity index (χ1n) is 8.13. The van der Waals surface area contributed by atoms with Crippen LogP contribution in [-0.2, 0) is 14.1 Å². The van der Waals surface area contributed by atoms with Crippen LogP contribution in [0.2, 0.25) is 0 Å². The highest BCUT2D eigenvalue weighted by molar-refractivity contribution is 5.82. The monoisotopic (exact) mass is 319 g/mol. The van der Waals surface area contributed by atoms with Gasteiger partial charge in [0, 0.05) is 20.3 Å². The minimum absolute atomic E-state index is 0.0822. The van der Waals surface area contributed by atoms with Crippen LogP contribution in [0.25, 0.3) is 0 Å². The first-order valence-corrected chi connectivity index (χ1v) is 8.13. The molecule has 1 aromatic rings. The lowest BCUT2D eigenvalue weighted by atomic mass is 9.69. The molecule has 6 nitrogen and oxygen atoms in total. The first kappa shape index (κ1) is 16.0. The van der Waals surface area contributed by atoms with E-state index in [0.29, 0.717) is 5.92 Å². The second-order valence-electron chi connectivity index (χ2n) is 7.85. The molecule has 2 bridgehead atoms. The number of aromatic hydroxyl groups is 1. The second kappa shape index (κ2) is 4.82. The van der Waals surface area contributed by atoms with E-state index in [9.17, 15) is 14.7 Å². The van der Waals surface area contributed by atoms with Crippen LogP contribution in [-0.4, -0.2) is 26.5 Å². The second-order valence-corrected chi connectivity index (χ2v) is 7.85. The van der Waals surface area contributed by atoms with Crippen molar-refractivity contribution in [3.8, 4) is 5.88 Å². The molecule has 1 N–H and O–H groups in total. The van der Waals surface area contributed by atoms with E-state index in [0.717, 1.165) is 22.0 Å². The summed E-state index contributed by atoms with van der Waals surface area (Å²) in [6.45, 7) is 6.90. The molecule has 0 unspecified atom stereocenters. The number of rotatable bonds is 2. The van der Waals surface area contributed by atoms with Gasteiger partial charge in [-0.2, -0.15) is 0 Å². The molecule has 0 spiro atoms. The number of aromatic nitrogens is 2. The summed E-state index contributed by atoms with van der Waals surface area (Å²) >= 11 is 0. The quantitative estimate of drug-likeness (QED) is 0.838. The average Bonchev–Trinajstić information content (AvgIpc) is 2.84. The van der Waals surface area contributed by atoms with Gasteiger partial charge in [-0.25, -0.2) is 4.79 Å². The Kier molecular flexibility index (Phi) is 3.36. The fourth-order valence-corrected chi connectivity index (χ4v) is 4.52. The molecule has 126 valence electrons. The third-order valence-corrected chi connectivity index (χ3v) is 6.80. The summed E-state index contributed by atoms with van der Waals surface area (Å²) in [7, 11) is 2.85. The van der Waals surface area contributed by atoms with Crippen LogP contribution in [0.1, 0.15) is 45.6 Å². The van der Waals surface area contributed by atoms with E-state index in [2.05, 4.69) is 25.8 Å². The van der Waals surface area contributed by atoms with Crippen LogP contribution in [0.15, 0.2) is 14.6 Å². The summed E-state index contributed by atoms with van der Waals surface area (Å²) in [6, 6.07) is 0.151. The Morgan fingerprint density at radius 2 is 1.87 bits per heavy atom. The third-order valence-electron chi connectivity index (χ3n) is 6.80. The fourth-order valence-electron chi connectivity index (χ4n) is 4.52. The van der Waals surface area contributed by atoms with E-state index in [-0.39, 0.29) is 28.3 Å². The van der Waals surface area contributed by atoms with E-state index >= 15 is 0 Å². The number of fused-ring (bicyclic) bond motifs is 2. The van der Waals surface area contributed by atoms with Crippen LogP contribution in [0.4, 0.5) is 0 Å². The van der Waals surface area contributed by atoms with E-state index in [1.165, 1.54) is 26.7 Å². The molecule has 23 heavy (non-hydrogen) atoms. The molecule has 2 fully saturated rings. The van der Waals surface area contributed by atoms with Crippen molar-refractivity contribution >= 4 is 6.21 Å². The highest BCUT2D eigenvalue weighted by Gasteiger charge is 2.61. The highest BCUT2D eigenvalue weighted by atomic mass is 16.3. The maximum absolute atomic E-state index is 12.2. The smallest absolute Gasteiger partial charge is 0.333 e. The summed E-state index contributed by atoms with van der Waals surface area (Å²) < 4.78 is 2.06. The molecule has 0 radical (unpaired) electrons. The molecule has 2 saturated carbocycles. The van der Waals surface area contributed by atoms with Crippen LogP contribution in [0.5, 0.6) is 5.88 Å². The van der Waals surface area contributed by atoms with Crippen molar-refractivity contribution in [1.29, 1.82) is 0 Å². The van der Waals surface area contributed by atoms with Crippen molar-refractivity contribution < 1.29 is 5.11 Å². The lowest BCUT2D eigenvalue weighted by molar-refractivity contribution is 0.137. The maximum atomic E-state index is 12.2. The summed E-state index contributed by atoms with van der Waals surface area (Å²) in [6.07, 6.45) is 4.86. The predicted octanol–water partition coefficient (Wildman–Crippen LogP) is 1.42. The van der Waals surface area contributed by atoms with Crippen molar-refractivity contribution in [3.63, 3.8) is 0 Å². The molecule has 1 aromatic heterocycles. The standard InChI is InChI=1S/C17H25N3O3/c1-16(2)10-6-7-17(16,3)12(8-10)18-9-11-13(21)19(4)15(23)20(5)14(11)22/h9-10,12,21H,6-8H2,1-5H3/t10-,12-,17-/m0/s1. The Labute approximate surface area is 135 Å². The summed E-state index contributed by atoms with van der Waals surface area (Å²) in [5.41, 5.74) is -0.611. The van der Waals surface area contributed by atoms with Gasteiger partial charge in [-0.1, -0.05) is 20.8 Å². The Balaban J connectivity index is 2.01. The molecule has 3 atom stereocenters. The van der Waals surface area contributed by atoms with E-state index < -0.39 is 11.2 Å². The molecular formula is C17H25N3O3. The van der Waals surface area contributed by atoms with Gasteiger partial charge in [0.25, 0.3) is 5.56 Å². The fraction of sp³-hybridized carbons (Fsp3) is 0.706. The first-order chi connectivity index (χ1) is 10.6. The van der Waals surface area contributed by atoms with Crippen molar-refractivity contribution in [1.82, 2.24) is 9.13 Å². The number of aliphatic imine (C=N–C) groups is 1. The average molecular weight is 319 g/mol. The van der Waals surface area contributed by atoms with Crippen molar-refractivity contribution in [2.75, 3.05) is 0 Å². The lowest BCUT2D eigenvalue weighted by Gasteiger charge is -2.37. The number of hydrogen-bond donors (Lipinski definition) is 1. The van der Waals surface area contributed by atoms with E-state index in [4.69, 9.17) is 0 Å². The predicted molar refractivity (Wildman–Crippen MR) is 89.2 cm³/mol. The Morgan fingerprint density at radius 3 is 2.39 bits per heavy atom. The molecule has 0 aliphatic heterocycles. The van der Waals surface area contributed by atoms with Gasteiger partial charge < -0.3 is 5.11 Å². The van der Waals surface area contributed by atoms with Crippen molar-refractivity contribution in [2.45, 2.75) is 46.1 Å². The summed E-state index contributed by atoms with van der Waals surface area (Å²) in [5.74, 6) is 0.334. The minimum atomic E-state index is -0.544. The SMILES string of the molecule is Cn1c(O)c(C=N[C@H]2C[C@@H]3CC[C@]2(C)C3(C)C)c(=O)n(C)c1=O. The number of nitrogens with zero attached hydrogens (tertiary/aromatic N) is 3. The van der Waals surface area contributed by atoms with Crippen LogP contribution < -0.4 is 11.2 Å². The molecule has 3 rings (SSSR count). The molecule has 6 heteroatoms. The van der Waals surface area contributed by atoms with Gasteiger partial charge in [0.1, 0.15) is 5.56 Å². The Bertz CT molecular complexity index is 803. The summed E-state index contributed by atoms with van der Waals surface area (Å²) in [4.78, 5) is 28.7. The molecule has 2 aliphatic carbocycles. The van der Waals surface area contributed by atoms with Gasteiger partial charge in [0.2, 0.25) is 5.88 Å². The molecule has 2 aliphatic rings. The zero-order valence-corrected chi connectivity index (χ0v) is 14.5. The number of hydrogen-bond acceptors (Lipinski definition) is 4. The lowest BCUT2D eigenvalue weighted by Crippen LogP contribution is -2.39. The normalized spacial score (nSPS) is 32.0. The summed E-state index contributed by atoms with van der Waals surface area (Å²) in [5, 5.41) is 10.1. The van der Waals surface area contributed by atoms with Crippen molar-refractivity contribution in [2.24, 2.45) is 35.8 Å². The van der Waals surface area contributed by atoms with Gasteiger partial charge in [-0.15, -0.1) is 0 Å². The van der Waals surface area contributed by atoms with Gasteiger partial charge in [-0.05, 0) is 36.0 Å². The zero-order valence-electron chi connectivity index (χ0n) is 14.5. The van der Waals surface area contributed by atoms with Gasteiger partial charge in [-0.3, -0.25) is 18.9 Å². The third kappa shape index (κ3) is 1.96.